The maximum Gasteiger partial charge on any atom is 0.338 e. The Kier molecular flexibility index (Phi) is 7.55. The molecule has 2 N–H and O–H groups in total. The van der Waals surface area contributed by atoms with Gasteiger partial charge in [0.05, 0.1) is 28.3 Å². The lowest BCUT2D eigenvalue weighted by atomic mass is 9.97. The maximum absolute atomic E-state index is 12.9. The third-order valence-corrected chi connectivity index (χ3v) is 5.40. The van der Waals surface area contributed by atoms with Crippen LogP contribution in [0.2, 0.25) is 10.0 Å². The number of phenolic OH excluding ortho intramolecular Hbond substituents is 1. The molecule has 3 aromatic rings. The van der Waals surface area contributed by atoms with Crippen LogP contribution in [0, 0.1) is 0 Å². The van der Waals surface area contributed by atoms with Gasteiger partial charge in [0, 0.05) is 17.7 Å². The molecule has 0 spiro atoms. The zero-order chi connectivity index (χ0) is 22.4. The molecule has 31 heavy (non-hydrogen) atoms. The van der Waals surface area contributed by atoms with Gasteiger partial charge in [0.25, 0.3) is 0 Å². The molecule has 0 aliphatic carbocycles. The van der Waals surface area contributed by atoms with Crippen molar-refractivity contribution in [3.05, 3.63) is 93.5 Å². The fraction of sp³-hybridized carbons (Fsp3) is 0.167. The summed E-state index contributed by atoms with van der Waals surface area (Å²) in [6.07, 6.45) is 0.141. The number of aromatic hydroxyl groups is 1. The van der Waals surface area contributed by atoms with E-state index < -0.39 is 12.0 Å². The first kappa shape index (κ1) is 22.7. The van der Waals surface area contributed by atoms with E-state index in [0.29, 0.717) is 27.8 Å². The standard InChI is InChI=1S/C24H21Cl2NO4/c1-2-31-24(30)16-3-8-18(9-4-16)27-22(17-7-12-20(25)21(26)13-17)14-23(29)15-5-10-19(28)11-6-15/h3-13,22,27-28H,2,14H2,1H3. The highest BCUT2D eigenvalue weighted by Gasteiger charge is 2.19. The van der Waals surface area contributed by atoms with Gasteiger partial charge >= 0.3 is 5.97 Å². The summed E-state index contributed by atoms with van der Waals surface area (Å²) in [7, 11) is 0. The van der Waals surface area contributed by atoms with Crippen LogP contribution in [0.1, 0.15) is 45.7 Å². The van der Waals surface area contributed by atoms with Crippen molar-refractivity contribution in [2.45, 2.75) is 19.4 Å². The SMILES string of the molecule is CCOC(=O)c1ccc(NC(CC(=O)c2ccc(O)cc2)c2ccc(Cl)c(Cl)c2)cc1. The number of carbonyl (C=O) groups is 2. The lowest BCUT2D eigenvalue weighted by Crippen LogP contribution is -2.16. The van der Waals surface area contributed by atoms with Gasteiger partial charge < -0.3 is 15.2 Å². The van der Waals surface area contributed by atoms with Crippen molar-refractivity contribution in [3.8, 4) is 5.75 Å². The number of ether oxygens (including phenoxy) is 1. The average Bonchev–Trinajstić information content (AvgIpc) is 2.76. The number of ketones is 1. The van der Waals surface area contributed by atoms with Gasteiger partial charge in [-0.25, -0.2) is 4.79 Å². The zero-order valence-electron chi connectivity index (χ0n) is 16.8. The predicted octanol–water partition coefficient (Wildman–Crippen LogP) is 6.30. The molecule has 0 radical (unpaired) electrons. The van der Waals surface area contributed by atoms with Crippen LogP contribution in [-0.2, 0) is 4.74 Å². The Morgan fingerprint density at radius 1 is 0.935 bits per heavy atom. The third-order valence-electron chi connectivity index (χ3n) is 4.66. The largest absolute Gasteiger partial charge is 0.508 e. The first-order chi connectivity index (χ1) is 14.9. The zero-order valence-corrected chi connectivity index (χ0v) is 18.3. The minimum Gasteiger partial charge on any atom is -0.508 e. The molecule has 5 nitrogen and oxygen atoms in total. The van der Waals surface area contributed by atoms with E-state index in [1.807, 2.05) is 6.07 Å². The molecular formula is C24H21Cl2NO4. The summed E-state index contributed by atoms with van der Waals surface area (Å²) in [6.45, 7) is 2.05. The van der Waals surface area contributed by atoms with Gasteiger partial charge in [-0.1, -0.05) is 29.3 Å². The van der Waals surface area contributed by atoms with Crippen LogP contribution in [-0.4, -0.2) is 23.5 Å². The van der Waals surface area contributed by atoms with E-state index in [1.165, 1.54) is 12.1 Å². The summed E-state index contributed by atoms with van der Waals surface area (Å²) in [5.74, 6) is -0.401. The number of benzene rings is 3. The summed E-state index contributed by atoms with van der Waals surface area (Å²) in [4.78, 5) is 24.7. The number of halogens is 2. The number of anilines is 1. The Bertz CT molecular complexity index is 1070. The van der Waals surface area contributed by atoms with E-state index >= 15 is 0 Å². The van der Waals surface area contributed by atoms with Gasteiger partial charge in [-0.3, -0.25) is 4.79 Å². The molecule has 3 aromatic carbocycles. The topological polar surface area (TPSA) is 75.6 Å². The van der Waals surface area contributed by atoms with Gasteiger partial charge in [0.15, 0.2) is 5.78 Å². The molecular weight excluding hydrogens is 437 g/mol. The number of nitrogens with one attached hydrogen (secondary N) is 1. The molecule has 0 aromatic heterocycles. The molecule has 1 unspecified atom stereocenters. The molecule has 0 saturated heterocycles. The summed E-state index contributed by atoms with van der Waals surface area (Å²) in [6, 6.07) is 17.8. The Labute approximate surface area is 190 Å². The lowest BCUT2D eigenvalue weighted by Gasteiger charge is -2.21. The fourth-order valence-corrected chi connectivity index (χ4v) is 3.36. The number of esters is 1. The van der Waals surface area contributed by atoms with Gasteiger partial charge in [0.1, 0.15) is 5.75 Å². The normalized spacial score (nSPS) is 11.6. The van der Waals surface area contributed by atoms with Crippen molar-refractivity contribution in [1.29, 1.82) is 0 Å². The van der Waals surface area contributed by atoms with E-state index in [9.17, 15) is 14.7 Å². The second-order valence-corrected chi connectivity index (χ2v) is 7.66. The number of hydrogen-bond acceptors (Lipinski definition) is 5. The van der Waals surface area contributed by atoms with Crippen LogP contribution in [0.5, 0.6) is 5.75 Å². The highest BCUT2D eigenvalue weighted by Crippen LogP contribution is 2.30. The van der Waals surface area contributed by atoms with Gasteiger partial charge in [0.2, 0.25) is 0 Å². The van der Waals surface area contributed by atoms with E-state index in [1.54, 1.807) is 55.5 Å². The first-order valence-corrected chi connectivity index (χ1v) is 10.4. The molecule has 160 valence electrons. The third kappa shape index (κ3) is 6.00. The van der Waals surface area contributed by atoms with Crippen molar-refractivity contribution in [1.82, 2.24) is 0 Å². The fourth-order valence-electron chi connectivity index (χ4n) is 3.05. The van der Waals surface area contributed by atoms with Crippen molar-refractivity contribution in [2.75, 3.05) is 11.9 Å². The van der Waals surface area contributed by atoms with Crippen LogP contribution < -0.4 is 5.32 Å². The molecule has 0 aliphatic heterocycles. The highest BCUT2D eigenvalue weighted by atomic mass is 35.5. The monoisotopic (exact) mass is 457 g/mol. The van der Waals surface area contributed by atoms with Crippen LogP contribution in [0.25, 0.3) is 0 Å². The molecule has 0 aliphatic rings. The van der Waals surface area contributed by atoms with E-state index in [4.69, 9.17) is 27.9 Å². The molecule has 7 heteroatoms. The Balaban J connectivity index is 1.85. The number of phenols is 1. The van der Waals surface area contributed by atoms with E-state index in [0.717, 1.165) is 11.3 Å². The van der Waals surface area contributed by atoms with E-state index in [2.05, 4.69) is 5.32 Å². The molecule has 3 rings (SSSR count). The molecule has 0 heterocycles. The van der Waals surface area contributed by atoms with Crippen LogP contribution in [0.3, 0.4) is 0 Å². The van der Waals surface area contributed by atoms with Crippen LogP contribution in [0.4, 0.5) is 5.69 Å². The van der Waals surface area contributed by atoms with Gasteiger partial charge in [-0.15, -0.1) is 0 Å². The maximum atomic E-state index is 12.9. The van der Waals surface area contributed by atoms with Crippen LogP contribution in [0.15, 0.2) is 66.7 Å². The van der Waals surface area contributed by atoms with Crippen molar-refractivity contribution >= 4 is 40.6 Å². The second kappa shape index (κ2) is 10.3. The molecule has 0 bridgehead atoms. The number of Topliss-reactive ketones (excluding diaryl/α,β-unsaturated/α-hetero) is 1. The predicted molar refractivity (Wildman–Crippen MR) is 122 cm³/mol. The quantitative estimate of drug-likeness (QED) is 0.306. The summed E-state index contributed by atoms with van der Waals surface area (Å²) in [5, 5.41) is 13.6. The number of hydrogen-bond donors (Lipinski definition) is 2. The summed E-state index contributed by atoms with van der Waals surface area (Å²) >= 11 is 12.2. The number of rotatable bonds is 8. The van der Waals surface area contributed by atoms with Crippen LogP contribution >= 0.6 is 23.2 Å². The Morgan fingerprint density at radius 2 is 1.58 bits per heavy atom. The van der Waals surface area contributed by atoms with Gasteiger partial charge in [-0.05, 0) is 73.2 Å². The minimum absolute atomic E-state index is 0.0948. The second-order valence-electron chi connectivity index (χ2n) is 6.84. The first-order valence-electron chi connectivity index (χ1n) is 9.68. The average molecular weight is 458 g/mol. The summed E-state index contributed by atoms with van der Waals surface area (Å²) in [5.41, 5.74) is 2.44. The molecule has 0 amide bonds. The molecule has 0 saturated carbocycles. The highest BCUT2D eigenvalue weighted by molar-refractivity contribution is 6.42. The summed E-state index contributed by atoms with van der Waals surface area (Å²) < 4.78 is 5.00. The van der Waals surface area contributed by atoms with Gasteiger partial charge in [-0.2, -0.15) is 0 Å². The van der Waals surface area contributed by atoms with E-state index in [-0.39, 0.29) is 18.0 Å². The molecule has 1 atom stereocenters. The Hall–Kier alpha value is -3.02. The van der Waals surface area contributed by atoms with Crippen molar-refractivity contribution in [3.63, 3.8) is 0 Å². The molecule has 0 fully saturated rings. The Morgan fingerprint density at radius 3 is 2.19 bits per heavy atom. The smallest absolute Gasteiger partial charge is 0.338 e. The van der Waals surface area contributed by atoms with Crippen molar-refractivity contribution in [2.24, 2.45) is 0 Å². The minimum atomic E-state index is -0.399. The lowest BCUT2D eigenvalue weighted by molar-refractivity contribution is 0.0526. The number of carbonyl (C=O) groups excluding carboxylic acids is 2. The van der Waals surface area contributed by atoms with Crippen molar-refractivity contribution < 1.29 is 19.4 Å².